The van der Waals surface area contributed by atoms with Crippen molar-refractivity contribution in [3.63, 3.8) is 0 Å². The van der Waals surface area contributed by atoms with Gasteiger partial charge in [-0.25, -0.2) is 0 Å². The maximum absolute atomic E-state index is 6.19. The summed E-state index contributed by atoms with van der Waals surface area (Å²) >= 11 is 0. The number of hydrogen-bond acceptors (Lipinski definition) is 4. The van der Waals surface area contributed by atoms with Crippen molar-refractivity contribution >= 4 is 16.6 Å². The van der Waals surface area contributed by atoms with Crippen LogP contribution in [-0.2, 0) is 17.8 Å². The summed E-state index contributed by atoms with van der Waals surface area (Å²) in [6.45, 7) is 1.28. The molecule has 1 aromatic carbocycles. The average Bonchev–Trinajstić information content (AvgIpc) is 2.39. The van der Waals surface area contributed by atoms with Crippen LogP contribution in [0.3, 0.4) is 0 Å². The summed E-state index contributed by atoms with van der Waals surface area (Å²) in [6, 6.07) is 5.77. The first-order chi connectivity index (χ1) is 8.29. The van der Waals surface area contributed by atoms with E-state index in [-0.39, 0.29) is 0 Å². The minimum Gasteiger partial charge on any atom is -0.497 e. The van der Waals surface area contributed by atoms with Gasteiger partial charge in [0.2, 0.25) is 0 Å². The number of pyridine rings is 1. The van der Waals surface area contributed by atoms with E-state index in [0.29, 0.717) is 6.61 Å². The van der Waals surface area contributed by atoms with Crippen molar-refractivity contribution in [1.82, 2.24) is 4.98 Å². The Morgan fingerprint density at radius 2 is 2.29 bits per heavy atom. The number of methoxy groups -OCH3 is 1. The number of benzene rings is 1. The summed E-state index contributed by atoms with van der Waals surface area (Å²) in [6.07, 6.45) is 0.835. The number of nitrogen functional groups attached to an aromatic ring is 1. The second-order valence-electron chi connectivity index (χ2n) is 4.14. The molecule has 2 heterocycles. The highest BCUT2D eigenvalue weighted by Crippen LogP contribution is 2.31. The Hall–Kier alpha value is -1.81. The molecule has 0 atom stereocenters. The third-order valence-corrected chi connectivity index (χ3v) is 3.15. The summed E-state index contributed by atoms with van der Waals surface area (Å²) in [5.41, 5.74) is 9.96. The predicted molar refractivity (Wildman–Crippen MR) is 66.1 cm³/mol. The van der Waals surface area contributed by atoms with Crippen LogP contribution in [0.15, 0.2) is 18.2 Å². The Morgan fingerprint density at radius 1 is 1.41 bits per heavy atom. The van der Waals surface area contributed by atoms with E-state index in [4.69, 9.17) is 15.2 Å². The smallest absolute Gasteiger partial charge is 0.119 e. The van der Waals surface area contributed by atoms with Gasteiger partial charge in [0.25, 0.3) is 0 Å². The van der Waals surface area contributed by atoms with E-state index in [1.165, 1.54) is 0 Å². The molecule has 0 bridgehead atoms. The first kappa shape index (κ1) is 10.4. The lowest BCUT2D eigenvalue weighted by atomic mass is 10.0. The Labute approximate surface area is 99.4 Å². The molecule has 0 aliphatic carbocycles. The molecule has 4 heteroatoms. The summed E-state index contributed by atoms with van der Waals surface area (Å²) in [4.78, 5) is 4.64. The van der Waals surface area contributed by atoms with Crippen molar-refractivity contribution in [3.8, 4) is 5.75 Å². The second-order valence-corrected chi connectivity index (χ2v) is 4.14. The molecule has 2 aromatic rings. The van der Waals surface area contributed by atoms with E-state index >= 15 is 0 Å². The molecule has 1 aliphatic rings. The fourth-order valence-electron chi connectivity index (χ4n) is 2.20. The predicted octanol–water partition coefficient (Wildman–Crippen LogP) is 1.90. The normalized spacial score (nSPS) is 14.6. The summed E-state index contributed by atoms with van der Waals surface area (Å²) in [5.74, 6) is 0.794. The summed E-state index contributed by atoms with van der Waals surface area (Å²) in [5, 5.41) is 0.939. The van der Waals surface area contributed by atoms with Crippen LogP contribution in [0.4, 0.5) is 5.69 Å². The van der Waals surface area contributed by atoms with Gasteiger partial charge < -0.3 is 15.2 Å². The summed E-state index contributed by atoms with van der Waals surface area (Å²) < 4.78 is 10.6. The van der Waals surface area contributed by atoms with Crippen LogP contribution in [0.2, 0.25) is 0 Å². The van der Waals surface area contributed by atoms with E-state index in [1.807, 2.05) is 18.2 Å². The number of aromatic nitrogens is 1. The first-order valence-corrected chi connectivity index (χ1v) is 5.62. The fourth-order valence-corrected chi connectivity index (χ4v) is 2.20. The fraction of sp³-hybridized carbons (Fsp3) is 0.308. The first-order valence-electron chi connectivity index (χ1n) is 5.62. The highest BCUT2D eigenvalue weighted by Gasteiger charge is 2.16. The van der Waals surface area contributed by atoms with Crippen molar-refractivity contribution in [2.24, 2.45) is 0 Å². The summed E-state index contributed by atoms with van der Waals surface area (Å²) in [7, 11) is 1.65. The topological polar surface area (TPSA) is 57.4 Å². The van der Waals surface area contributed by atoms with Crippen LogP contribution in [0, 0.1) is 0 Å². The number of rotatable bonds is 1. The number of hydrogen-bond donors (Lipinski definition) is 1. The van der Waals surface area contributed by atoms with Gasteiger partial charge in [-0.3, -0.25) is 4.98 Å². The van der Waals surface area contributed by atoms with E-state index < -0.39 is 0 Å². The lowest BCUT2D eigenvalue weighted by Gasteiger charge is -2.19. The molecule has 0 unspecified atom stereocenters. The van der Waals surface area contributed by atoms with Crippen LogP contribution in [0.5, 0.6) is 5.75 Å². The number of fused-ring (bicyclic) bond motifs is 2. The maximum atomic E-state index is 6.19. The zero-order valence-electron chi connectivity index (χ0n) is 9.69. The maximum Gasteiger partial charge on any atom is 0.119 e. The molecule has 4 nitrogen and oxygen atoms in total. The van der Waals surface area contributed by atoms with Gasteiger partial charge >= 0.3 is 0 Å². The zero-order chi connectivity index (χ0) is 11.8. The van der Waals surface area contributed by atoms with E-state index in [9.17, 15) is 0 Å². The minimum atomic E-state index is 0.557. The van der Waals surface area contributed by atoms with E-state index in [1.54, 1.807) is 7.11 Å². The monoisotopic (exact) mass is 230 g/mol. The standard InChI is InChI=1S/C13H14N2O2/c1-16-8-2-3-11-9(6-8)13(14)10-7-17-5-4-12(10)15-11/h2-3,6H,4-5,7H2,1H3,(H2,14,15). The van der Waals surface area contributed by atoms with Gasteiger partial charge in [0.05, 0.1) is 31.5 Å². The third-order valence-electron chi connectivity index (χ3n) is 3.15. The Morgan fingerprint density at radius 3 is 3.12 bits per heavy atom. The van der Waals surface area contributed by atoms with Crippen molar-refractivity contribution in [2.45, 2.75) is 13.0 Å². The highest BCUT2D eigenvalue weighted by atomic mass is 16.5. The highest BCUT2D eigenvalue weighted by molar-refractivity contribution is 5.93. The van der Waals surface area contributed by atoms with Gasteiger partial charge in [-0.2, -0.15) is 0 Å². The van der Waals surface area contributed by atoms with Gasteiger partial charge in [0.15, 0.2) is 0 Å². The molecule has 0 saturated heterocycles. The van der Waals surface area contributed by atoms with E-state index in [0.717, 1.165) is 46.6 Å². The van der Waals surface area contributed by atoms with E-state index in [2.05, 4.69) is 4.98 Å². The van der Waals surface area contributed by atoms with Crippen LogP contribution in [-0.4, -0.2) is 18.7 Å². The molecule has 0 spiro atoms. The lowest BCUT2D eigenvalue weighted by molar-refractivity contribution is 0.110. The third kappa shape index (κ3) is 1.61. The minimum absolute atomic E-state index is 0.557. The van der Waals surface area contributed by atoms with Crippen molar-refractivity contribution in [1.29, 1.82) is 0 Å². The Balaban J connectivity index is 2.28. The molecule has 1 aromatic heterocycles. The van der Waals surface area contributed by atoms with Gasteiger partial charge in [-0.15, -0.1) is 0 Å². The Kier molecular flexibility index (Phi) is 2.37. The molecule has 17 heavy (non-hydrogen) atoms. The van der Waals surface area contributed by atoms with Crippen molar-refractivity contribution in [3.05, 3.63) is 29.5 Å². The molecule has 0 radical (unpaired) electrons. The van der Waals surface area contributed by atoms with Crippen LogP contribution >= 0.6 is 0 Å². The van der Waals surface area contributed by atoms with Gasteiger partial charge in [-0.1, -0.05) is 0 Å². The van der Waals surface area contributed by atoms with Crippen molar-refractivity contribution in [2.75, 3.05) is 19.5 Å². The molecule has 0 saturated carbocycles. The SMILES string of the molecule is COc1ccc2nc3c(c(N)c2c1)COCC3. The molecule has 3 rings (SSSR count). The largest absolute Gasteiger partial charge is 0.497 e. The molecule has 88 valence electrons. The molecular weight excluding hydrogens is 216 g/mol. The average molecular weight is 230 g/mol. The molecule has 0 amide bonds. The molecule has 1 aliphatic heterocycles. The number of ether oxygens (including phenoxy) is 2. The molecule has 0 fully saturated rings. The lowest BCUT2D eigenvalue weighted by Crippen LogP contribution is -2.14. The second kappa shape index (κ2) is 3.89. The molecular formula is C13H14N2O2. The number of nitrogens with two attached hydrogens (primary N) is 1. The van der Waals surface area contributed by atoms with Gasteiger partial charge in [-0.05, 0) is 18.2 Å². The zero-order valence-corrected chi connectivity index (χ0v) is 9.69. The number of nitrogens with zero attached hydrogens (tertiary/aromatic N) is 1. The van der Waals surface area contributed by atoms with Gasteiger partial charge in [0, 0.05) is 23.1 Å². The van der Waals surface area contributed by atoms with Crippen LogP contribution < -0.4 is 10.5 Å². The Bertz CT molecular complexity index is 581. The van der Waals surface area contributed by atoms with Crippen LogP contribution in [0.1, 0.15) is 11.3 Å². The van der Waals surface area contributed by atoms with Crippen molar-refractivity contribution < 1.29 is 9.47 Å². The number of anilines is 1. The van der Waals surface area contributed by atoms with Gasteiger partial charge in [0.1, 0.15) is 5.75 Å². The quantitative estimate of drug-likeness (QED) is 0.812. The van der Waals surface area contributed by atoms with Crippen LogP contribution in [0.25, 0.3) is 10.9 Å². The molecule has 2 N–H and O–H groups in total.